The number of halogens is 1. The number of alkyl halides is 1. The number of fused-ring (bicyclic) bond motifs is 5. The monoisotopic (exact) mass is 360 g/mol. The van der Waals surface area contributed by atoms with Gasteiger partial charge in [0.25, 0.3) is 0 Å². The van der Waals surface area contributed by atoms with Gasteiger partial charge in [-0.2, -0.15) is 0 Å². The van der Waals surface area contributed by atoms with Crippen LogP contribution in [0.5, 0.6) is 0 Å². The minimum Gasteiger partial charge on any atom is -0.381 e. The van der Waals surface area contributed by atoms with Crippen LogP contribution in [0.2, 0.25) is 0 Å². The highest BCUT2D eigenvalue weighted by Crippen LogP contribution is 2.65. The van der Waals surface area contributed by atoms with E-state index in [0.29, 0.717) is 18.8 Å². The number of hydrogen-bond donors (Lipinski definition) is 1. The lowest BCUT2D eigenvalue weighted by atomic mass is 9.51. The fraction of sp³-hybridized carbons (Fsp3) is 0.619. The minimum absolute atomic E-state index is 0.0788. The molecule has 4 heteroatoms. The second-order valence-corrected chi connectivity index (χ2v) is 8.86. The van der Waals surface area contributed by atoms with Gasteiger partial charge >= 0.3 is 0 Å². The zero-order valence-electron chi connectivity index (χ0n) is 14.8. The zero-order chi connectivity index (χ0) is 18.0. The summed E-state index contributed by atoms with van der Waals surface area (Å²) in [4.78, 5) is 24.2. The van der Waals surface area contributed by atoms with Crippen LogP contribution in [0.4, 0.5) is 0 Å². The molecule has 3 nitrogen and oxygen atoms in total. The summed E-state index contributed by atoms with van der Waals surface area (Å²) < 4.78 is 0. The van der Waals surface area contributed by atoms with Crippen molar-refractivity contribution in [3.63, 3.8) is 0 Å². The Balaban J connectivity index is 1.77. The van der Waals surface area contributed by atoms with Gasteiger partial charge in [-0.15, -0.1) is 11.6 Å². The predicted octanol–water partition coefficient (Wildman–Crippen LogP) is 3.75. The van der Waals surface area contributed by atoms with Crippen molar-refractivity contribution in [2.24, 2.45) is 22.7 Å². The van der Waals surface area contributed by atoms with Crippen molar-refractivity contribution in [1.29, 1.82) is 0 Å². The van der Waals surface area contributed by atoms with Gasteiger partial charge in [0, 0.05) is 10.8 Å². The molecule has 4 aliphatic carbocycles. The maximum atomic E-state index is 12.4. The SMILES string of the molecule is C[C@]12C=CC(=O)C=C1CCC1C2=CC[C@@]2(C)C1CC[C@]2(O)C(=O)CCl. The molecule has 0 aromatic heterocycles. The summed E-state index contributed by atoms with van der Waals surface area (Å²) in [6.45, 7) is 4.27. The Hall–Kier alpha value is -1.19. The van der Waals surface area contributed by atoms with E-state index in [-0.39, 0.29) is 28.8 Å². The van der Waals surface area contributed by atoms with E-state index in [0.717, 1.165) is 19.3 Å². The maximum absolute atomic E-state index is 12.4. The van der Waals surface area contributed by atoms with Gasteiger partial charge in [-0.05, 0) is 63.0 Å². The standard InChI is InChI=1S/C21H25ClO3/c1-19-8-5-14(23)11-13(19)3-4-15-16(19)6-9-20(2)17(15)7-10-21(20,25)18(24)12-22/h5-6,8,11,15,17,25H,3-4,7,9-10,12H2,1-2H3/t15?,17?,19-,20-,21-/m0/s1. The number of aliphatic hydroxyl groups is 1. The highest BCUT2D eigenvalue weighted by Gasteiger charge is 2.63. The van der Waals surface area contributed by atoms with E-state index in [1.54, 1.807) is 12.2 Å². The van der Waals surface area contributed by atoms with E-state index >= 15 is 0 Å². The lowest BCUT2D eigenvalue weighted by Gasteiger charge is -2.53. The van der Waals surface area contributed by atoms with E-state index in [2.05, 4.69) is 26.0 Å². The first kappa shape index (κ1) is 17.2. The topological polar surface area (TPSA) is 54.4 Å². The molecule has 4 aliphatic rings. The van der Waals surface area contributed by atoms with Crippen LogP contribution in [0.1, 0.15) is 46.0 Å². The molecular weight excluding hydrogens is 336 g/mol. The minimum atomic E-state index is -1.31. The van der Waals surface area contributed by atoms with Crippen LogP contribution in [0.3, 0.4) is 0 Å². The van der Waals surface area contributed by atoms with Gasteiger partial charge in [-0.3, -0.25) is 9.59 Å². The molecule has 0 amide bonds. The lowest BCUT2D eigenvalue weighted by molar-refractivity contribution is -0.149. The summed E-state index contributed by atoms with van der Waals surface area (Å²) in [5, 5.41) is 11.2. The van der Waals surface area contributed by atoms with E-state index in [1.807, 2.05) is 0 Å². The van der Waals surface area contributed by atoms with E-state index < -0.39 is 11.0 Å². The zero-order valence-corrected chi connectivity index (χ0v) is 15.6. The van der Waals surface area contributed by atoms with Crippen LogP contribution in [0, 0.1) is 22.7 Å². The Morgan fingerprint density at radius 2 is 2.12 bits per heavy atom. The molecule has 0 saturated heterocycles. The average molecular weight is 361 g/mol. The van der Waals surface area contributed by atoms with Crippen molar-refractivity contribution in [3.8, 4) is 0 Å². The molecule has 0 bridgehead atoms. The van der Waals surface area contributed by atoms with Crippen molar-refractivity contribution >= 4 is 23.2 Å². The first-order valence-electron chi connectivity index (χ1n) is 9.23. The number of allylic oxidation sites excluding steroid dienone is 6. The number of hydrogen-bond acceptors (Lipinski definition) is 3. The van der Waals surface area contributed by atoms with Gasteiger partial charge < -0.3 is 5.11 Å². The molecule has 2 fully saturated rings. The highest BCUT2D eigenvalue weighted by atomic mass is 35.5. The number of carbonyl (C=O) groups is 2. The van der Waals surface area contributed by atoms with Crippen LogP contribution < -0.4 is 0 Å². The molecule has 0 radical (unpaired) electrons. The second-order valence-electron chi connectivity index (χ2n) is 8.60. The summed E-state index contributed by atoms with van der Waals surface area (Å²) in [7, 11) is 0. The normalized spacial score (nSPS) is 45.2. The number of carbonyl (C=O) groups excluding carboxylic acids is 2. The Morgan fingerprint density at radius 1 is 1.36 bits per heavy atom. The van der Waals surface area contributed by atoms with Crippen molar-refractivity contribution in [1.82, 2.24) is 0 Å². The van der Waals surface area contributed by atoms with Crippen molar-refractivity contribution in [2.45, 2.75) is 51.6 Å². The summed E-state index contributed by atoms with van der Waals surface area (Å²) >= 11 is 5.81. The molecule has 0 aromatic carbocycles. The van der Waals surface area contributed by atoms with E-state index in [4.69, 9.17) is 11.6 Å². The van der Waals surface area contributed by atoms with Gasteiger partial charge in [0.05, 0.1) is 5.88 Å². The smallest absolute Gasteiger partial charge is 0.179 e. The molecule has 2 saturated carbocycles. The molecule has 4 rings (SSSR count). The van der Waals surface area contributed by atoms with Crippen LogP contribution in [-0.4, -0.2) is 28.2 Å². The van der Waals surface area contributed by atoms with Gasteiger partial charge in [-0.1, -0.05) is 30.2 Å². The van der Waals surface area contributed by atoms with Gasteiger partial charge in [-0.25, -0.2) is 0 Å². The van der Waals surface area contributed by atoms with Crippen molar-refractivity contribution in [3.05, 3.63) is 35.5 Å². The fourth-order valence-corrected chi connectivity index (χ4v) is 6.32. The molecule has 5 atom stereocenters. The predicted molar refractivity (Wildman–Crippen MR) is 97.3 cm³/mol. The Labute approximate surface area is 153 Å². The third-order valence-electron chi connectivity index (χ3n) is 7.68. The Morgan fingerprint density at radius 3 is 2.84 bits per heavy atom. The summed E-state index contributed by atoms with van der Waals surface area (Å²) in [6.07, 6.45) is 11.7. The molecule has 25 heavy (non-hydrogen) atoms. The number of Topliss-reactive ketones (excluding diaryl/α,β-unsaturated/α-hetero) is 1. The molecule has 0 spiro atoms. The molecule has 134 valence electrons. The van der Waals surface area contributed by atoms with Crippen LogP contribution in [0.15, 0.2) is 35.5 Å². The molecule has 0 aromatic rings. The van der Waals surface area contributed by atoms with Crippen molar-refractivity contribution < 1.29 is 14.7 Å². The average Bonchev–Trinajstić information content (AvgIpc) is 2.87. The third-order valence-corrected chi connectivity index (χ3v) is 7.93. The second kappa shape index (κ2) is 5.40. The fourth-order valence-electron chi connectivity index (χ4n) is 6.10. The number of ketones is 2. The highest BCUT2D eigenvalue weighted by molar-refractivity contribution is 6.29. The first-order chi connectivity index (χ1) is 11.8. The summed E-state index contributed by atoms with van der Waals surface area (Å²) in [6, 6.07) is 0. The lowest BCUT2D eigenvalue weighted by Crippen LogP contribution is -2.55. The van der Waals surface area contributed by atoms with Gasteiger partial charge in [0.1, 0.15) is 5.60 Å². The molecular formula is C21H25ClO3. The van der Waals surface area contributed by atoms with Crippen LogP contribution in [-0.2, 0) is 9.59 Å². The third kappa shape index (κ3) is 2.09. The summed E-state index contributed by atoms with van der Waals surface area (Å²) in [5.41, 5.74) is 0.639. The van der Waals surface area contributed by atoms with Crippen LogP contribution >= 0.6 is 11.6 Å². The molecule has 0 heterocycles. The quantitative estimate of drug-likeness (QED) is 0.602. The molecule has 0 aliphatic heterocycles. The van der Waals surface area contributed by atoms with Gasteiger partial charge in [0.2, 0.25) is 0 Å². The number of rotatable bonds is 2. The maximum Gasteiger partial charge on any atom is 0.179 e. The summed E-state index contributed by atoms with van der Waals surface area (Å²) in [5.74, 6) is 0.358. The largest absolute Gasteiger partial charge is 0.381 e. The Bertz CT molecular complexity index is 748. The molecule has 2 unspecified atom stereocenters. The van der Waals surface area contributed by atoms with Crippen molar-refractivity contribution in [2.75, 3.05) is 5.88 Å². The first-order valence-corrected chi connectivity index (χ1v) is 9.76. The molecule has 1 N–H and O–H groups in total. The van der Waals surface area contributed by atoms with E-state index in [9.17, 15) is 14.7 Å². The van der Waals surface area contributed by atoms with Gasteiger partial charge in [0.15, 0.2) is 11.6 Å². The van der Waals surface area contributed by atoms with E-state index in [1.165, 1.54) is 11.1 Å². The Kier molecular flexibility index (Phi) is 3.73. The van der Waals surface area contributed by atoms with Crippen LogP contribution in [0.25, 0.3) is 0 Å².